The zero-order chi connectivity index (χ0) is 14.8. The van der Waals surface area contributed by atoms with Gasteiger partial charge in [0.1, 0.15) is 11.6 Å². The van der Waals surface area contributed by atoms with Gasteiger partial charge in [0.25, 0.3) is 5.91 Å². The van der Waals surface area contributed by atoms with E-state index >= 15 is 0 Å². The molecule has 3 rings (SSSR count). The average Bonchev–Trinajstić information content (AvgIpc) is 2.97. The van der Waals surface area contributed by atoms with Crippen molar-refractivity contribution in [2.75, 3.05) is 12.4 Å². The first-order chi connectivity index (χ1) is 10.2. The number of anilines is 1. The van der Waals surface area contributed by atoms with Crippen LogP contribution in [0.5, 0.6) is 5.75 Å². The molecule has 106 valence electrons. The fourth-order valence-electron chi connectivity index (χ4n) is 2.20. The van der Waals surface area contributed by atoms with Crippen molar-refractivity contribution < 1.29 is 13.9 Å². The third-order valence-corrected chi connectivity index (χ3v) is 3.26. The van der Waals surface area contributed by atoms with Crippen molar-refractivity contribution in [2.45, 2.75) is 0 Å². The lowest BCUT2D eigenvalue weighted by Gasteiger charge is -2.09. The Bertz CT molecular complexity index is 811. The Labute approximate surface area is 120 Å². The molecule has 0 bridgehead atoms. The van der Waals surface area contributed by atoms with Gasteiger partial charge in [-0.25, -0.2) is 4.39 Å². The highest BCUT2D eigenvalue weighted by Crippen LogP contribution is 2.23. The lowest BCUT2D eigenvalue weighted by Crippen LogP contribution is -2.13. The molecule has 0 aliphatic heterocycles. The maximum atomic E-state index is 13.8. The third-order valence-electron chi connectivity index (χ3n) is 3.26. The molecule has 0 aliphatic rings. The van der Waals surface area contributed by atoms with E-state index in [1.54, 1.807) is 18.3 Å². The molecule has 1 amide bonds. The number of benzene rings is 2. The number of halogens is 1. The minimum atomic E-state index is -0.509. The number of aromatic amines is 1. The van der Waals surface area contributed by atoms with Crippen molar-refractivity contribution in [3.63, 3.8) is 0 Å². The third kappa shape index (κ3) is 2.45. The van der Waals surface area contributed by atoms with E-state index in [1.165, 1.54) is 25.3 Å². The minimum Gasteiger partial charge on any atom is -0.497 e. The number of hydrogen-bond acceptors (Lipinski definition) is 2. The summed E-state index contributed by atoms with van der Waals surface area (Å²) in [7, 11) is 1.49. The van der Waals surface area contributed by atoms with Gasteiger partial charge in [0, 0.05) is 28.7 Å². The molecule has 5 heteroatoms. The number of hydrogen-bond donors (Lipinski definition) is 2. The number of aromatic nitrogens is 1. The van der Waals surface area contributed by atoms with Crippen LogP contribution in [-0.2, 0) is 0 Å². The Morgan fingerprint density at radius 1 is 1.24 bits per heavy atom. The van der Waals surface area contributed by atoms with Crippen LogP contribution < -0.4 is 10.1 Å². The smallest absolute Gasteiger partial charge is 0.256 e. The second kappa shape index (κ2) is 5.28. The van der Waals surface area contributed by atoms with Crippen molar-refractivity contribution in [2.24, 2.45) is 0 Å². The fourth-order valence-corrected chi connectivity index (χ4v) is 2.20. The van der Waals surface area contributed by atoms with Crippen LogP contribution >= 0.6 is 0 Å². The SMILES string of the molecule is COc1ccc(F)c(NC(=O)c2cccc3[nH]ccc23)c1. The summed E-state index contributed by atoms with van der Waals surface area (Å²) in [6, 6.07) is 11.4. The van der Waals surface area contributed by atoms with Gasteiger partial charge < -0.3 is 15.0 Å². The molecule has 0 radical (unpaired) electrons. The van der Waals surface area contributed by atoms with Crippen LogP contribution in [0.2, 0.25) is 0 Å². The molecule has 0 fully saturated rings. The maximum absolute atomic E-state index is 13.8. The standard InChI is InChI=1S/C16H13FN2O2/c1-21-10-5-6-13(17)15(9-10)19-16(20)12-3-2-4-14-11(12)7-8-18-14/h2-9,18H,1H3,(H,19,20). The van der Waals surface area contributed by atoms with Crippen LogP contribution in [-0.4, -0.2) is 18.0 Å². The first kappa shape index (κ1) is 13.2. The van der Waals surface area contributed by atoms with Crippen molar-refractivity contribution in [3.05, 3.63) is 60.0 Å². The molecule has 0 saturated carbocycles. The largest absolute Gasteiger partial charge is 0.497 e. The predicted molar refractivity (Wildman–Crippen MR) is 79.2 cm³/mol. The molecule has 0 atom stereocenters. The first-order valence-corrected chi connectivity index (χ1v) is 6.40. The van der Waals surface area contributed by atoms with Gasteiger partial charge in [0.05, 0.1) is 12.8 Å². The van der Waals surface area contributed by atoms with Crippen LogP contribution in [0.25, 0.3) is 10.9 Å². The highest BCUT2D eigenvalue weighted by Gasteiger charge is 2.13. The van der Waals surface area contributed by atoms with Crippen molar-refractivity contribution in [1.29, 1.82) is 0 Å². The van der Waals surface area contributed by atoms with Gasteiger partial charge in [-0.05, 0) is 30.3 Å². The summed E-state index contributed by atoms with van der Waals surface area (Å²) in [4.78, 5) is 15.4. The number of amides is 1. The molecule has 0 spiro atoms. The Morgan fingerprint density at radius 2 is 2.10 bits per heavy atom. The Morgan fingerprint density at radius 3 is 2.90 bits per heavy atom. The zero-order valence-corrected chi connectivity index (χ0v) is 11.3. The van der Waals surface area contributed by atoms with Crippen LogP contribution in [0, 0.1) is 5.82 Å². The molecule has 4 nitrogen and oxygen atoms in total. The van der Waals surface area contributed by atoms with Crippen LogP contribution in [0.3, 0.4) is 0 Å². The molecular formula is C16H13FN2O2. The summed E-state index contributed by atoms with van der Waals surface area (Å²) >= 11 is 0. The highest BCUT2D eigenvalue weighted by molar-refractivity contribution is 6.12. The molecule has 0 saturated heterocycles. The van der Waals surface area contributed by atoms with Gasteiger partial charge in [0.2, 0.25) is 0 Å². The van der Waals surface area contributed by atoms with E-state index in [0.29, 0.717) is 11.3 Å². The second-order valence-electron chi connectivity index (χ2n) is 4.54. The topological polar surface area (TPSA) is 54.1 Å². The number of methoxy groups -OCH3 is 1. The average molecular weight is 284 g/mol. The summed E-state index contributed by atoms with van der Waals surface area (Å²) in [5, 5.41) is 3.37. The Balaban J connectivity index is 1.95. The molecule has 0 unspecified atom stereocenters. The minimum absolute atomic E-state index is 0.0897. The maximum Gasteiger partial charge on any atom is 0.256 e. The fraction of sp³-hybridized carbons (Fsp3) is 0.0625. The molecule has 21 heavy (non-hydrogen) atoms. The van der Waals surface area contributed by atoms with Crippen LogP contribution in [0.1, 0.15) is 10.4 Å². The lowest BCUT2D eigenvalue weighted by atomic mass is 10.1. The van der Waals surface area contributed by atoms with E-state index in [1.807, 2.05) is 12.1 Å². The number of carbonyl (C=O) groups excluding carboxylic acids is 1. The summed E-state index contributed by atoms with van der Waals surface area (Å²) in [6.07, 6.45) is 1.76. The first-order valence-electron chi connectivity index (χ1n) is 6.40. The van der Waals surface area contributed by atoms with Gasteiger partial charge in [0.15, 0.2) is 0 Å². The van der Waals surface area contributed by atoms with E-state index < -0.39 is 5.82 Å². The van der Waals surface area contributed by atoms with Gasteiger partial charge in [-0.15, -0.1) is 0 Å². The molecule has 1 heterocycles. The number of H-pyrrole nitrogens is 1. The van der Waals surface area contributed by atoms with E-state index in [4.69, 9.17) is 4.74 Å². The molecule has 1 aromatic heterocycles. The second-order valence-corrected chi connectivity index (χ2v) is 4.54. The normalized spacial score (nSPS) is 10.6. The van der Waals surface area contributed by atoms with Crippen molar-refractivity contribution in [3.8, 4) is 5.75 Å². The summed E-state index contributed by atoms with van der Waals surface area (Å²) < 4.78 is 18.8. The van der Waals surface area contributed by atoms with Crippen LogP contribution in [0.4, 0.5) is 10.1 Å². The quantitative estimate of drug-likeness (QED) is 0.772. The number of ether oxygens (including phenoxy) is 1. The van der Waals surface area contributed by atoms with Gasteiger partial charge >= 0.3 is 0 Å². The van der Waals surface area contributed by atoms with E-state index in [9.17, 15) is 9.18 Å². The van der Waals surface area contributed by atoms with E-state index in [-0.39, 0.29) is 11.6 Å². The lowest BCUT2D eigenvalue weighted by molar-refractivity contribution is 0.102. The molecule has 3 aromatic rings. The predicted octanol–water partition coefficient (Wildman–Crippen LogP) is 3.57. The summed E-state index contributed by atoms with van der Waals surface area (Å²) in [6.45, 7) is 0. The monoisotopic (exact) mass is 284 g/mol. The Kier molecular flexibility index (Phi) is 3.31. The van der Waals surface area contributed by atoms with Crippen molar-refractivity contribution in [1.82, 2.24) is 4.98 Å². The van der Waals surface area contributed by atoms with E-state index in [0.717, 1.165) is 10.9 Å². The zero-order valence-electron chi connectivity index (χ0n) is 11.3. The Hall–Kier alpha value is -2.82. The van der Waals surface area contributed by atoms with Crippen LogP contribution in [0.15, 0.2) is 48.7 Å². The van der Waals surface area contributed by atoms with E-state index in [2.05, 4.69) is 10.3 Å². The molecular weight excluding hydrogens is 271 g/mol. The van der Waals surface area contributed by atoms with Gasteiger partial charge in [-0.3, -0.25) is 4.79 Å². The van der Waals surface area contributed by atoms with Gasteiger partial charge in [-0.2, -0.15) is 0 Å². The van der Waals surface area contributed by atoms with Gasteiger partial charge in [-0.1, -0.05) is 6.07 Å². The molecule has 2 N–H and O–H groups in total. The molecule has 0 aliphatic carbocycles. The number of fused-ring (bicyclic) bond motifs is 1. The number of rotatable bonds is 3. The number of nitrogens with one attached hydrogen (secondary N) is 2. The summed E-state index contributed by atoms with van der Waals surface area (Å²) in [5.41, 5.74) is 1.43. The van der Waals surface area contributed by atoms with Crippen molar-refractivity contribution >= 4 is 22.5 Å². The summed E-state index contributed by atoms with van der Waals surface area (Å²) in [5.74, 6) is -0.399. The number of carbonyl (C=O) groups is 1. The molecule has 2 aromatic carbocycles. The highest BCUT2D eigenvalue weighted by atomic mass is 19.1.